The number of hydrogen-bond acceptors (Lipinski definition) is 3. The zero-order valence-corrected chi connectivity index (χ0v) is 13.9. The molecule has 8 heteroatoms. The molecule has 0 bridgehead atoms. The number of carbonyl (C=O) groups excluding carboxylic acids is 2. The molecule has 2 N–H and O–H groups in total. The summed E-state index contributed by atoms with van der Waals surface area (Å²) in [5, 5.41) is 0.414. The van der Waals surface area contributed by atoms with Crippen LogP contribution in [0.5, 0.6) is 0 Å². The van der Waals surface area contributed by atoms with Gasteiger partial charge in [-0.15, -0.1) is 11.8 Å². The van der Waals surface area contributed by atoms with Crippen molar-refractivity contribution < 1.29 is 18.4 Å². The quantitative estimate of drug-likeness (QED) is 0.625. The van der Waals surface area contributed by atoms with Gasteiger partial charge >= 0.3 is 0 Å². The summed E-state index contributed by atoms with van der Waals surface area (Å²) in [6.45, 7) is 0. The van der Waals surface area contributed by atoms with Gasteiger partial charge in [0.25, 0.3) is 5.91 Å². The maximum Gasteiger partial charge on any atom is 0.269 e. The molecule has 24 heavy (non-hydrogen) atoms. The van der Waals surface area contributed by atoms with Crippen LogP contribution >= 0.6 is 23.4 Å². The molecule has 0 aliphatic carbocycles. The van der Waals surface area contributed by atoms with E-state index in [0.29, 0.717) is 21.2 Å². The molecule has 2 aromatic carbocycles. The Labute approximate surface area is 146 Å². The monoisotopic (exact) mass is 370 g/mol. The van der Waals surface area contributed by atoms with Crippen LogP contribution in [0.1, 0.15) is 16.8 Å². The van der Waals surface area contributed by atoms with E-state index in [-0.39, 0.29) is 6.42 Å². The summed E-state index contributed by atoms with van der Waals surface area (Å²) in [5.74, 6) is -2.39. The highest BCUT2D eigenvalue weighted by atomic mass is 35.5. The third kappa shape index (κ3) is 5.50. The number of amides is 2. The van der Waals surface area contributed by atoms with Crippen LogP contribution in [0.2, 0.25) is 5.02 Å². The first-order valence-corrected chi connectivity index (χ1v) is 8.24. The van der Waals surface area contributed by atoms with Gasteiger partial charge in [-0.1, -0.05) is 17.7 Å². The number of carbonyl (C=O) groups is 2. The first-order chi connectivity index (χ1) is 11.5. The summed E-state index contributed by atoms with van der Waals surface area (Å²) in [4.78, 5) is 24.0. The molecule has 0 aromatic heterocycles. The Morgan fingerprint density at radius 2 is 1.83 bits per heavy atom. The van der Waals surface area contributed by atoms with Crippen LogP contribution in [0.3, 0.4) is 0 Å². The van der Waals surface area contributed by atoms with Gasteiger partial charge in [-0.05, 0) is 36.4 Å². The lowest BCUT2D eigenvalue weighted by atomic mass is 10.2. The summed E-state index contributed by atoms with van der Waals surface area (Å²) in [7, 11) is 0. The van der Waals surface area contributed by atoms with E-state index in [2.05, 4.69) is 10.9 Å². The summed E-state index contributed by atoms with van der Waals surface area (Å²) in [5.41, 5.74) is 4.87. The third-order valence-electron chi connectivity index (χ3n) is 2.89. The van der Waals surface area contributed by atoms with Gasteiger partial charge in [-0.25, -0.2) is 8.78 Å². The molecule has 0 aliphatic rings. The van der Waals surface area contributed by atoms with Crippen molar-refractivity contribution >= 4 is 35.2 Å². The normalized spacial score (nSPS) is 10.3. The number of hydrazine groups is 1. The van der Waals surface area contributed by atoms with Gasteiger partial charge < -0.3 is 0 Å². The topological polar surface area (TPSA) is 58.2 Å². The van der Waals surface area contributed by atoms with E-state index in [1.807, 2.05) is 0 Å². The second-order valence-corrected chi connectivity index (χ2v) is 6.29. The van der Waals surface area contributed by atoms with Crippen molar-refractivity contribution in [2.24, 2.45) is 0 Å². The van der Waals surface area contributed by atoms with Crippen LogP contribution in [0.4, 0.5) is 8.78 Å². The lowest BCUT2D eigenvalue weighted by Gasteiger charge is -2.07. The molecule has 2 rings (SSSR count). The van der Waals surface area contributed by atoms with E-state index in [9.17, 15) is 18.4 Å². The van der Waals surface area contributed by atoms with Crippen molar-refractivity contribution in [1.29, 1.82) is 0 Å². The SMILES string of the molecule is O=C(CCSc1ccc(F)c(F)c1)NNC(=O)c1cccc(Cl)c1. The molecule has 0 saturated carbocycles. The summed E-state index contributed by atoms with van der Waals surface area (Å²) >= 11 is 6.99. The molecular formula is C16H13ClF2N2O2S. The van der Waals surface area contributed by atoms with E-state index >= 15 is 0 Å². The van der Waals surface area contributed by atoms with E-state index in [4.69, 9.17) is 11.6 Å². The van der Waals surface area contributed by atoms with Crippen molar-refractivity contribution in [3.8, 4) is 0 Å². The molecule has 2 amide bonds. The van der Waals surface area contributed by atoms with Crippen molar-refractivity contribution in [2.75, 3.05) is 5.75 Å². The molecule has 4 nitrogen and oxygen atoms in total. The van der Waals surface area contributed by atoms with Crippen molar-refractivity contribution in [3.63, 3.8) is 0 Å². The Balaban J connectivity index is 1.73. The van der Waals surface area contributed by atoms with Crippen LogP contribution in [0, 0.1) is 11.6 Å². The summed E-state index contributed by atoms with van der Waals surface area (Å²) in [6, 6.07) is 9.82. The van der Waals surface area contributed by atoms with Gasteiger partial charge in [0.1, 0.15) is 0 Å². The largest absolute Gasteiger partial charge is 0.273 e. The number of thioether (sulfide) groups is 1. The zero-order valence-electron chi connectivity index (χ0n) is 12.3. The van der Waals surface area contributed by atoms with Crippen LogP contribution < -0.4 is 10.9 Å². The number of hydrogen-bond donors (Lipinski definition) is 2. The predicted molar refractivity (Wildman–Crippen MR) is 88.8 cm³/mol. The average molecular weight is 371 g/mol. The minimum atomic E-state index is -0.932. The number of rotatable bonds is 5. The van der Waals surface area contributed by atoms with E-state index in [1.165, 1.54) is 23.9 Å². The Kier molecular flexibility index (Phi) is 6.57. The highest BCUT2D eigenvalue weighted by Gasteiger charge is 2.08. The molecule has 0 radical (unpaired) electrons. The maximum atomic E-state index is 13.0. The van der Waals surface area contributed by atoms with Gasteiger partial charge in [0, 0.05) is 27.7 Å². The van der Waals surface area contributed by atoms with Gasteiger partial charge in [0.15, 0.2) is 11.6 Å². The van der Waals surface area contributed by atoms with Crippen LogP contribution in [0.15, 0.2) is 47.4 Å². The first-order valence-electron chi connectivity index (χ1n) is 6.88. The number of nitrogens with one attached hydrogen (secondary N) is 2. The second-order valence-electron chi connectivity index (χ2n) is 4.69. The van der Waals surface area contributed by atoms with Crippen LogP contribution in [-0.2, 0) is 4.79 Å². The average Bonchev–Trinajstić information content (AvgIpc) is 2.56. The van der Waals surface area contributed by atoms with Crippen LogP contribution in [0.25, 0.3) is 0 Å². The maximum absolute atomic E-state index is 13.0. The van der Waals surface area contributed by atoms with E-state index in [0.717, 1.165) is 12.1 Å². The van der Waals surface area contributed by atoms with Crippen LogP contribution in [-0.4, -0.2) is 17.6 Å². The van der Waals surface area contributed by atoms with Crippen molar-refractivity contribution in [1.82, 2.24) is 10.9 Å². The predicted octanol–water partition coefficient (Wildman–Crippen LogP) is 3.56. The lowest BCUT2D eigenvalue weighted by molar-refractivity contribution is -0.121. The van der Waals surface area contributed by atoms with Gasteiger partial charge in [0.05, 0.1) is 0 Å². The number of halogens is 3. The van der Waals surface area contributed by atoms with Gasteiger partial charge in [-0.2, -0.15) is 0 Å². The molecule has 0 aliphatic heterocycles. The molecule has 0 atom stereocenters. The fourth-order valence-electron chi connectivity index (χ4n) is 1.72. The molecule has 2 aromatic rings. The minimum absolute atomic E-state index is 0.0967. The van der Waals surface area contributed by atoms with Crippen molar-refractivity contribution in [3.05, 3.63) is 64.7 Å². The Hall–Kier alpha value is -2.12. The molecular weight excluding hydrogens is 358 g/mol. The molecule has 126 valence electrons. The summed E-state index contributed by atoms with van der Waals surface area (Å²) < 4.78 is 25.8. The van der Waals surface area contributed by atoms with Crippen molar-refractivity contribution in [2.45, 2.75) is 11.3 Å². The highest BCUT2D eigenvalue weighted by Crippen LogP contribution is 2.20. The second kappa shape index (κ2) is 8.65. The Morgan fingerprint density at radius 1 is 1.04 bits per heavy atom. The molecule has 0 spiro atoms. The summed E-state index contributed by atoms with van der Waals surface area (Å²) in [6.07, 6.45) is 0.0967. The smallest absolute Gasteiger partial charge is 0.269 e. The fraction of sp³-hybridized carbons (Fsp3) is 0.125. The van der Waals surface area contributed by atoms with Gasteiger partial charge in [0.2, 0.25) is 5.91 Å². The fourth-order valence-corrected chi connectivity index (χ4v) is 2.78. The van der Waals surface area contributed by atoms with E-state index in [1.54, 1.807) is 18.2 Å². The highest BCUT2D eigenvalue weighted by molar-refractivity contribution is 7.99. The Morgan fingerprint density at radius 3 is 2.54 bits per heavy atom. The first kappa shape index (κ1) is 18.2. The molecule has 0 heterocycles. The van der Waals surface area contributed by atoms with E-state index < -0.39 is 23.4 Å². The van der Waals surface area contributed by atoms with Gasteiger partial charge in [-0.3, -0.25) is 20.4 Å². The minimum Gasteiger partial charge on any atom is -0.273 e. The standard InChI is InChI=1S/C16H13ClF2N2O2S/c17-11-3-1-2-10(8-11)16(23)21-20-15(22)6-7-24-12-4-5-13(18)14(19)9-12/h1-5,8-9H,6-7H2,(H,20,22)(H,21,23). The Bertz CT molecular complexity index is 759. The molecule has 0 fully saturated rings. The third-order valence-corrected chi connectivity index (χ3v) is 4.12. The molecule has 0 unspecified atom stereocenters. The zero-order chi connectivity index (χ0) is 17.5. The molecule has 0 saturated heterocycles. The lowest BCUT2D eigenvalue weighted by Crippen LogP contribution is -2.41. The number of benzene rings is 2.